The number of para-hydroxylation sites is 1. The van der Waals surface area contributed by atoms with Crippen LogP contribution in [0, 0.1) is 0 Å². The summed E-state index contributed by atoms with van der Waals surface area (Å²) in [4.78, 5) is 33.0. The Morgan fingerprint density at radius 2 is 1.91 bits per heavy atom. The molecule has 1 aromatic heterocycles. The van der Waals surface area contributed by atoms with Gasteiger partial charge in [0, 0.05) is 23.8 Å². The van der Waals surface area contributed by atoms with Gasteiger partial charge in [0.15, 0.2) is 0 Å². The highest BCUT2D eigenvalue weighted by Crippen LogP contribution is 2.26. The Hall–Kier alpha value is -2.67. The number of unbranched alkanes of at least 4 members (excludes halogenated alkanes) is 3. The molecular formula is C25H31BrN4O2. The van der Waals surface area contributed by atoms with Crippen molar-refractivity contribution in [2.45, 2.75) is 52.0 Å². The highest BCUT2D eigenvalue weighted by atomic mass is 79.9. The minimum absolute atomic E-state index is 0.0950. The Morgan fingerprint density at radius 1 is 1.12 bits per heavy atom. The van der Waals surface area contributed by atoms with Crippen LogP contribution in [0.2, 0.25) is 0 Å². The topological polar surface area (TPSA) is 67.2 Å². The number of carbonyl (C=O) groups excluding carboxylic acids is 1. The Morgan fingerprint density at radius 3 is 2.62 bits per heavy atom. The van der Waals surface area contributed by atoms with E-state index in [0.29, 0.717) is 29.7 Å². The van der Waals surface area contributed by atoms with E-state index in [9.17, 15) is 9.59 Å². The number of rotatable bonds is 9. The van der Waals surface area contributed by atoms with E-state index >= 15 is 0 Å². The van der Waals surface area contributed by atoms with E-state index in [0.717, 1.165) is 35.8 Å². The van der Waals surface area contributed by atoms with Gasteiger partial charge in [-0.25, -0.2) is 9.78 Å². The van der Waals surface area contributed by atoms with E-state index in [1.807, 2.05) is 54.3 Å². The number of hydrogen-bond donors (Lipinski definition) is 1. The van der Waals surface area contributed by atoms with Crippen molar-refractivity contribution in [3.05, 3.63) is 69.2 Å². The predicted molar refractivity (Wildman–Crippen MR) is 134 cm³/mol. The Bertz CT molecular complexity index is 1130. The van der Waals surface area contributed by atoms with Gasteiger partial charge >= 0.3 is 6.03 Å². The molecule has 32 heavy (non-hydrogen) atoms. The van der Waals surface area contributed by atoms with Crippen LogP contribution in [-0.4, -0.2) is 27.0 Å². The van der Waals surface area contributed by atoms with Crippen molar-refractivity contribution in [3.8, 4) is 0 Å². The molecular weight excluding hydrogens is 468 g/mol. The van der Waals surface area contributed by atoms with Gasteiger partial charge in [-0.2, -0.15) is 0 Å². The molecule has 0 bridgehead atoms. The van der Waals surface area contributed by atoms with Gasteiger partial charge in [-0.15, -0.1) is 0 Å². The van der Waals surface area contributed by atoms with Crippen LogP contribution in [0.3, 0.4) is 0 Å². The molecule has 3 rings (SSSR count). The number of nitrogens with zero attached hydrogens (tertiary/aromatic N) is 3. The lowest BCUT2D eigenvalue weighted by Crippen LogP contribution is -2.41. The van der Waals surface area contributed by atoms with Gasteiger partial charge in [0.2, 0.25) is 0 Å². The van der Waals surface area contributed by atoms with E-state index in [2.05, 4.69) is 28.2 Å². The fraction of sp³-hybridized carbons (Fsp3) is 0.400. The quantitative estimate of drug-likeness (QED) is 0.354. The molecule has 1 atom stereocenters. The predicted octanol–water partition coefficient (Wildman–Crippen LogP) is 6.26. The van der Waals surface area contributed by atoms with Crippen LogP contribution in [-0.2, 0) is 7.05 Å². The van der Waals surface area contributed by atoms with Crippen LogP contribution in [0.25, 0.3) is 10.9 Å². The molecule has 0 aliphatic heterocycles. The molecule has 7 heteroatoms. The van der Waals surface area contributed by atoms with Crippen molar-refractivity contribution < 1.29 is 4.79 Å². The zero-order chi connectivity index (χ0) is 23.1. The third-order valence-corrected chi connectivity index (χ3v) is 6.16. The molecule has 0 saturated carbocycles. The first-order chi connectivity index (χ1) is 15.5. The number of nitrogens with one attached hydrogen (secondary N) is 1. The fourth-order valence-electron chi connectivity index (χ4n) is 3.94. The number of amides is 2. The number of halogens is 1. The maximum absolute atomic E-state index is 13.4. The summed E-state index contributed by atoms with van der Waals surface area (Å²) < 4.78 is 2.48. The fourth-order valence-corrected chi connectivity index (χ4v) is 4.34. The summed E-state index contributed by atoms with van der Waals surface area (Å²) >= 11 is 3.46. The average Bonchev–Trinajstić information content (AvgIpc) is 2.79. The molecule has 0 saturated heterocycles. The second-order valence-electron chi connectivity index (χ2n) is 7.97. The van der Waals surface area contributed by atoms with E-state index in [1.165, 1.54) is 0 Å². The van der Waals surface area contributed by atoms with E-state index in [-0.39, 0.29) is 17.6 Å². The SMILES string of the molecule is CCCCCCN(C(=O)Nc1cccc(Br)c1)C(CC)c1nc2ccccc2c(=O)n1C. The van der Waals surface area contributed by atoms with E-state index < -0.39 is 0 Å². The third kappa shape index (κ3) is 5.57. The number of hydrogen-bond acceptors (Lipinski definition) is 3. The summed E-state index contributed by atoms with van der Waals surface area (Å²) in [5, 5.41) is 3.61. The average molecular weight is 499 g/mol. The zero-order valence-corrected chi connectivity index (χ0v) is 20.6. The molecule has 3 aromatic rings. The molecule has 1 heterocycles. The summed E-state index contributed by atoms with van der Waals surface area (Å²) in [6, 6.07) is 14.4. The van der Waals surface area contributed by atoms with Gasteiger partial charge in [-0.05, 0) is 43.2 Å². The molecule has 1 N–H and O–H groups in total. The molecule has 1 unspecified atom stereocenters. The first-order valence-electron chi connectivity index (χ1n) is 11.2. The van der Waals surface area contributed by atoms with Crippen molar-refractivity contribution in [1.29, 1.82) is 0 Å². The van der Waals surface area contributed by atoms with Crippen LogP contribution >= 0.6 is 15.9 Å². The summed E-state index contributed by atoms with van der Waals surface area (Å²) in [5.74, 6) is 0.607. The molecule has 170 valence electrons. The molecule has 0 fully saturated rings. The summed E-state index contributed by atoms with van der Waals surface area (Å²) in [6.45, 7) is 4.79. The van der Waals surface area contributed by atoms with Crippen molar-refractivity contribution in [3.63, 3.8) is 0 Å². The van der Waals surface area contributed by atoms with Gasteiger partial charge in [0.25, 0.3) is 5.56 Å². The molecule has 0 aliphatic rings. The molecule has 6 nitrogen and oxygen atoms in total. The summed E-state index contributed by atoms with van der Waals surface area (Å²) in [5.41, 5.74) is 1.28. The van der Waals surface area contributed by atoms with Gasteiger partial charge in [0.1, 0.15) is 5.82 Å². The lowest BCUT2D eigenvalue weighted by Gasteiger charge is -2.32. The third-order valence-electron chi connectivity index (χ3n) is 5.67. The maximum atomic E-state index is 13.4. The Kier molecular flexibility index (Phi) is 8.45. The number of benzene rings is 2. The lowest BCUT2D eigenvalue weighted by atomic mass is 10.1. The minimum Gasteiger partial charge on any atom is -0.314 e. The first-order valence-corrected chi connectivity index (χ1v) is 12.0. The smallest absolute Gasteiger partial charge is 0.314 e. The molecule has 0 spiro atoms. The number of urea groups is 1. The van der Waals surface area contributed by atoms with Crippen LogP contribution < -0.4 is 10.9 Å². The van der Waals surface area contributed by atoms with Crippen molar-refractivity contribution in [2.24, 2.45) is 7.05 Å². The van der Waals surface area contributed by atoms with Gasteiger partial charge in [-0.1, -0.05) is 67.2 Å². The van der Waals surface area contributed by atoms with Gasteiger partial charge < -0.3 is 10.2 Å². The number of anilines is 1. The molecule has 2 aromatic carbocycles. The second-order valence-corrected chi connectivity index (χ2v) is 8.89. The Balaban J connectivity index is 1.97. The van der Waals surface area contributed by atoms with Crippen molar-refractivity contribution in [1.82, 2.24) is 14.5 Å². The zero-order valence-electron chi connectivity index (χ0n) is 19.0. The summed E-state index contributed by atoms with van der Waals surface area (Å²) in [6.07, 6.45) is 4.86. The first kappa shape index (κ1) is 24.0. The number of carbonyl (C=O) groups is 1. The number of aromatic nitrogens is 2. The normalized spacial score (nSPS) is 12.0. The van der Waals surface area contributed by atoms with Crippen LogP contribution in [0.1, 0.15) is 57.8 Å². The standard InChI is InChI=1S/C25H31BrN4O2/c1-4-6-7-10-16-30(25(32)27-19-13-11-12-18(26)17-19)22(5-2)23-28-21-15-9-8-14-20(21)24(31)29(23)3/h8-9,11-15,17,22H,4-7,10,16H2,1-3H3,(H,27,32). The Labute approximate surface area is 197 Å². The summed E-state index contributed by atoms with van der Waals surface area (Å²) in [7, 11) is 1.74. The van der Waals surface area contributed by atoms with Gasteiger partial charge in [-0.3, -0.25) is 9.36 Å². The molecule has 0 radical (unpaired) electrons. The van der Waals surface area contributed by atoms with E-state index in [4.69, 9.17) is 4.98 Å². The monoisotopic (exact) mass is 498 g/mol. The number of fused-ring (bicyclic) bond motifs is 1. The van der Waals surface area contributed by atoms with Gasteiger partial charge in [0.05, 0.1) is 16.9 Å². The molecule has 2 amide bonds. The van der Waals surface area contributed by atoms with Crippen LogP contribution in [0.5, 0.6) is 0 Å². The highest BCUT2D eigenvalue weighted by Gasteiger charge is 2.27. The van der Waals surface area contributed by atoms with Crippen LogP contribution in [0.15, 0.2) is 57.8 Å². The van der Waals surface area contributed by atoms with Crippen molar-refractivity contribution in [2.75, 3.05) is 11.9 Å². The van der Waals surface area contributed by atoms with Crippen molar-refractivity contribution >= 4 is 38.6 Å². The second kappa shape index (κ2) is 11.3. The lowest BCUT2D eigenvalue weighted by molar-refractivity contribution is 0.178. The highest BCUT2D eigenvalue weighted by molar-refractivity contribution is 9.10. The largest absolute Gasteiger partial charge is 0.322 e. The maximum Gasteiger partial charge on any atom is 0.322 e. The van der Waals surface area contributed by atoms with E-state index in [1.54, 1.807) is 17.7 Å². The van der Waals surface area contributed by atoms with Crippen LogP contribution in [0.4, 0.5) is 10.5 Å². The molecule has 0 aliphatic carbocycles. The minimum atomic E-state index is -0.314.